The molecule has 0 bridgehead atoms. The van der Waals surface area contributed by atoms with Crippen LogP contribution in [0.15, 0.2) is 16.8 Å². The number of rotatable bonds is 1. The molecule has 1 amide bonds. The first-order chi connectivity index (χ1) is 6.11. The zero-order valence-electron chi connectivity index (χ0n) is 7.91. The van der Waals surface area contributed by atoms with E-state index in [9.17, 15) is 4.79 Å². The van der Waals surface area contributed by atoms with Gasteiger partial charge < -0.3 is 4.90 Å². The fraction of sp³-hybridized carbons (Fsp3) is 0.500. The van der Waals surface area contributed by atoms with Gasteiger partial charge in [0.05, 0.1) is 5.56 Å². The van der Waals surface area contributed by atoms with Crippen molar-refractivity contribution in [3.05, 3.63) is 22.4 Å². The minimum atomic E-state index is 0.0685. The molecule has 1 fully saturated rings. The van der Waals surface area contributed by atoms with E-state index in [-0.39, 0.29) is 11.4 Å². The van der Waals surface area contributed by atoms with Gasteiger partial charge in [0.25, 0.3) is 5.91 Å². The van der Waals surface area contributed by atoms with E-state index >= 15 is 0 Å². The predicted molar refractivity (Wildman–Crippen MR) is 54.1 cm³/mol. The van der Waals surface area contributed by atoms with Crippen molar-refractivity contribution in [3.63, 3.8) is 0 Å². The number of carbonyl (C=O) groups excluding carboxylic acids is 1. The van der Waals surface area contributed by atoms with Gasteiger partial charge in [-0.25, -0.2) is 0 Å². The molecule has 0 N–H and O–H groups in total. The molecule has 1 aliphatic heterocycles. The van der Waals surface area contributed by atoms with E-state index in [0.29, 0.717) is 0 Å². The molecule has 70 valence electrons. The lowest BCUT2D eigenvalue weighted by atomic mass is 9.88. The molecule has 1 saturated heterocycles. The van der Waals surface area contributed by atoms with Gasteiger partial charge >= 0.3 is 0 Å². The zero-order chi connectivity index (χ0) is 9.47. The Labute approximate surface area is 82.2 Å². The normalized spacial score (nSPS) is 19.7. The summed E-state index contributed by atoms with van der Waals surface area (Å²) in [5.74, 6) is 0.178. The molecule has 3 heteroatoms. The summed E-state index contributed by atoms with van der Waals surface area (Å²) >= 11 is 1.57. The molecule has 2 rings (SSSR count). The van der Waals surface area contributed by atoms with E-state index in [1.54, 1.807) is 11.3 Å². The summed E-state index contributed by atoms with van der Waals surface area (Å²) < 4.78 is 0. The predicted octanol–water partition coefficient (Wildman–Crippen LogP) is 2.37. The molecule has 0 aromatic carbocycles. The standard InChI is InChI=1S/C10H13NOS/c1-10(2)4-5-11(10)9(12)8-3-6-13-7-8/h3,6-7H,4-5H2,1-2H3. The van der Waals surface area contributed by atoms with Crippen LogP contribution in [0.2, 0.25) is 0 Å². The first-order valence-corrected chi connectivity index (χ1v) is 5.40. The van der Waals surface area contributed by atoms with Crippen LogP contribution in [-0.2, 0) is 0 Å². The summed E-state index contributed by atoms with van der Waals surface area (Å²) in [5.41, 5.74) is 0.900. The third-order valence-corrected chi connectivity index (χ3v) is 3.37. The largest absolute Gasteiger partial charge is 0.333 e. The number of likely N-dealkylation sites (tertiary alicyclic amines) is 1. The average Bonchev–Trinajstić information content (AvgIpc) is 2.54. The number of nitrogens with zero attached hydrogens (tertiary/aromatic N) is 1. The highest BCUT2D eigenvalue weighted by Crippen LogP contribution is 2.31. The second-order valence-electron chi connectivity index (χ2n) is 4.03. The molecule has 13 heavy (non-hydrogen) atoms. The zero-order valence-corrected chi connectivity index (χ0v) is 8.73. The average molecular weight is 195 g/mol. The number of hydrogen-bond acceptors (Lipinski definition) is 2. The van der Waals surface area contributed by atoms with Crippen molar-refractivity contribution in [2.75, 3.05) is 6.54 Å². The van der Waals surface area contributed by atoms with Gasteiger partial charge in [-0.3, -0.25) is 4.79 Å². The highest BCUT2D eigenvalue weighted by Gasteiger charge is 2.39. The van der Waals surface area contributed by atoms with Crippen LogP contribution in [0.25, 0.3) is 0 Å². The maximum atomic E-state index is 11.8. The van der Waals surface area contributed by atoms with Crippen molar-refractivity contribution < 1.29 is 4.79 Å². The first kappa shape index (κ1) is 8.75. The van der Waals surface area contributed by atoms with Gasteiger partial charge in [-0.2, -0.15) is 11.3 Å². The van der Waals surface area contributed by atoms with E-state index in [1.807, 2.05) is 21.7 Å². The fourth-order valence-corrected chi connectivity index (χ4v) is 2.22. The molecule has 1 aromatic heterocycles. The van der Waals surface area contributed by atoms with Gasteiger partial charge in [0.2, 0.25) is 0 Å². The highest BCUT2D eigenvalue weighted by atomic mass is 32.1. The summed E-state index contributed by atoms with van der Waals surface area (Å²) in [7, 11) is 0. The number of carbonyl (C=O) groups is 1. The third kappa shape index (κ3) is 1.37. The molecule has 0 saturated carbocycles. The molecular weight excluding hydrogens is 182 g/mol. The lowest BCUT2D eigenvalue weighted by Gasteiger charge is -2.48. The summed E-state index contributed by atoms with van der Waals surface area (Å²) in [5, 5.41) is 3.86. The summed E-state index contributed by atoms with van der Waals surface area (Å²) in [6, 6.07) is 1.89. The van der Waals surface area contributed by atoms with E-state index < -0.39 is 0 Å². The van der Waals surface area contributed by atoms with Crippen LogP contribution in [-0.4, -0.2) is 22.9 Å². The van der Waals surface area contributed by atoms with Crippen LogP contribution in [0.4, 0.5) is 0 Å². The summed E-state index contributed by atoms with van der Waals surface area (Å²) in [6.07, 6.45) is 1.11. The van der Waals surface area contributed by atoms with Crippen LogP contribution in [0.5, 0.6) is 0 Å². The SMILES string of the molecule is CC1(C)CCN1C(=O)c1ccsc1. The lowest BCUT2D eigenvalue weighted by molar-refractivity contribution is 0.0158. The van der Waals surface area contributed by atoms with Gasteiger partial charge in [0.15, 0.2) is 0 Å². The van der Waals surface area contributed by atoms with Crippen LogP contribution in [0.3, 0.4) is 0 Å². The molecule has 2 heterocycles. The Hall–Kier alpha value is -0.830. The van der Waals surface area contributed by atoms with Gasteiger partial charge in [0, 0.05) is 17.5 Å². The minimum absolute atomic E-state index is 0.0685. The molecule has 1 aromatic rings. The molecule has 0 radical (unpaired) electrons. The van der Waals surface area contributed by atoms with E-state index in [0.717, 1.165) is 18.5 Å². The molecule has 1 aliphatic rings. The summed E-state index contributed by atoms with van der Waals surface area (Å²) in [4.78, 5) is 13.8. The number of thiophene rings is 1. The molecule has 0 spiro atoms. The summed E-state index contributed by atoms with van der Waals surface area (Å²) in [6.45, 7) is 5.13. The molecular formula is C10H13NOS. The maximum absolute atomic E-state index is 11.8. The van der Waals surface area contributed by atoms with Crippen molar-refractivity contribution in [2.24, 2.45) is 0 Å². The molecule has 0 atom stereocenters. The van der Waals surface area contributed by atoms with Gasteiger partial charge in [-0.15, -0.1) is 0 Å². The van der Waals surface area contributed by atoms with E-state index in [1.165, 1.54) is 0 Å². The Bertz CT molecular complexity index is 316. The van der Waals surface area contributed by atoms with Crippen LogP contribution >= 0.6 is 11.3 Å². The number of amides is 1. The van der Waals surface area contributed by atoms with Crippen LogP contribution < -0.4 is 0 Å². The van der Waals surface area contributed by atoms with Crippen LogP contribution in [0.1, 0.15) is 30.6 Å². The van der Waals surface area contributed by atoms with Gasteiger partial charge in [-0.05, 0) is 31.7 Å². The highest BCUT2D eigenvalue weighted by molar-refractivity contribution is 7.08. The first-order valence-electron chi connectivity index (χ1n) is 4.45. The molecule has 0 unspecified atom stereocenters. The van der Waals surface area contributed by atoms with Gasteiger partial charge in [-0.1, -0.05) is 0 Å². The quantitative estimate of drug-likeness (QED) is 0.673. The molecule has 2 nitrogen and oxygen atoms in total. The van der Waals surface area contributed by atoms with Crippen LogP contribution in [0, 0.1) is 0 Å². The van der Waals surface area contributed by atoms with Crippen molar-refractivity contribution in [3.8, 4) is 0 Å². The van der Waals surface area contributed by atoms with Crippen molar-refractivity contribution in [2.45, 2.75) is 25.8 Å². The second-order valence-corrected chi connectivity index (χ2v) is 4.81. The Kier molecular flexibility index (Phi) is 1.91. The number of hydrogen-bond donors (Lipinski definition) is 0. The van der Waals surface area contributed by atoms with Crippen molar-refractivity contribution >= 4 is 17.2 Å². The van der Waals surface area contributed by atoms with E-state index in [2.05, 4.69) is 13.8 Å². The Balaban J connectivity index is 2.15. The Morgan fingerprint density at radius 3 is 2.77 bits per heavy atom. The topological polar surface area (TPSA) is 20.3 Å². The monoisotopic (exact) mass is 195 g/mol. The Morgan fingerprint density at radius 1 is 1.62 bits per heavy atom. The Morgan fingerprint density at radius 2 is 2.38 bits per heavy atom. The second kappa shape index (κ2) is 2.84. The fourth-order valence-electron chi connectivity index (χ4n) is 1.59. The molecule has 0 aliphatic carbocycles. The van der Waals surface area contributed by atoms with Gasteiger partial charge in [0.1, 0.15) is 0 Å². The van der Waals surface area contributed by atoms with Crippen molar-refractivity contribution in [1.82, 2.24) is 4.90 Å². The maximum Gasteiger partial charge on any atom is 0.255 e. The van der Waals surface area contributed by atoms with E-state index in [4.69, 9.17) is 0 Å². The van der Waals surface area contributed by atoms with Crippen molar-refractivity contribution in [1.29, 1.82) is 0 Å². The lowest BCUT2D eigenvalue weighted by Crippen LogP contribution is -2.58. The third-order valence-electron chi connectivity index (χ3n) is 2.69. The minimum Gasteiger partial charge on any atom is -0.333 e. The smallest absolute Gasteiger partial charge is 0.255 e.